The van der Waals surface area contributed by atoms with Crippen molar-refractivity contribution in [3.63, 3.8) is 0 Å². The molecule has 0 spiro atoms. The van der Waals surface area contributed by atoms with Crippen LogP contribution in [0.4, 0.5) is 5.69 Å². The summed E-state index contributed by atoms with van der Waals surface area (Å²) in [5.74, 6) is -0.0185. The zero-order chi connectivity index (χ0) is 20.1. The number of carbonyl (C=O) groups excluding carboxylic acids is 1. The molecule has 0 saturated carbocycles. The van der Waals surface area contributed by atoms with E-state index in [4.69, 9.17) is 9.47 Å². The van der Waals surface area contributed by atoms with Gasteiger partial charge >= 0.3 is 0 Å². The van der Waals surface area contributed by atoms with Crippen LogP contribution in [-0.4, -0.2) is 52.0 Å². The average Bonchev–Trinajstić information content (AvgIpc) is 2.79. The molecular weight excluding hydrogens is 432 g/mol. The third kappa shape index (κ3) is 4.65. The molecule has 2 heterocycles. The summed E-state index contributed by atoms with van der Waals surface area (Å²) < 4.78 is 12.1. The lowest BCUT2D eigenvalue weighted by atomic mass is 9.74. The van der Waals surface area contributed by atoms with Crippen molar-refractivity contribution in [3.05, 3.63) is 64.1 Å². The maximum Gasteiger partial charge on any atom is 0.253 e. The van der Waals surface area contributed by atoms with Crippen LogP contribution in [0.3, 0.4) is 0 Å². The Morgan fingerprint density at radius 3 is 2.34 bits per heavy atom. The van der Waals surface area contributed by atoms with Gasteiger partial charge in [-0.2, -0.15) is 0 Å². The Morgan fingerprint density at radius 1 is 0.966 bits per heavy atom. The minimum atomic E-state index is -0.0947. The second-order valence-electron chi connectivity index (χ2n) is 7.70. The van der Waals surface area contributed by atoms with Crippen LogP contribution in [0.1, 0.15) is 28.8 Å². The quantitative estimate of drug-likeness (QED) is 0.740. The van der Waals surface area contributed by atoms with Gasteiger partial charge in [0.25, 0.3) is 5.91 Å². The number of ether oxygens (including phenoxy) is 2. The minimum Gasteiger partial charge on any atom is -0.381 e. The molecule has 29 heavy (non-hydrogen) atoms. The molecule has 6 heteroatoms. The summed E-state index contributed by atoms with van der Waals surface area (Å²) in [5, 5.41) is 3.24. The molecule has 0 radical (unpaired) electrons. The molecule has 2 fully saturated rings. The van der Waals surface area contributed by atoms with Crippen molar-refractivity contribution >= 4 is 27.5 Å². The van der Waals surface area contributed by atoms with Crippen LogP contribution in [0.15, 0.2) is 53.0 Å². The number of hydrogen-bond donors (Lipinski definition) is 1. The number of nitrogens with one attached hydrogen (secondary N) is 1. The smallest absolute Gasteiger partial charge is 0.253 e. The predicted octanol–water partition coefficient (Wildman–Crippen LogP) is 3.76. The van der Waals surface area contributed by atoms with Gasteiger partial charge in [0.2, 0.25) is 0 Å². The first-order valence-electron chi connectivity index (χ1n) is 10.2. The standard InChI is InChI=1S/C23H27BrN2O3/c24-19-7-5-18(6-8-19)23(9-13-28-14-10-23)17-25-22(27)20-3-1-2-4-21(20)26-11-15-29-16-12-26/h1-8H,9-17H2,(H,25,27). The number of rotatable bonds is 5. The lowest BCUT2D eigenvalue weighted by Gasteiger charge is -2.38. The molecule has 0 atom stereocenters. The van der Waals surface area contributed by atoms with Crippen molar-refractivity contribution in [2.75, 3.05) is 51.0 Å². The summed E-state index contributed by atoms with van der Waals surface area (Å²) >= 11 is 3.52. The van der Waals surface area contributed by atoms with Crippen LogP contribution in [0.5, 0.6) is 0 Å². The summed E-state index contributed by atoms with van der Waals surface area (Å²) in [6.45, 7) is 5.06. The van der Waals surface area contributed by atoms with E-state index in [9.17, 15) is 4.79 Å². The highest BCUT2D eigenvalue weighted by molar-refractivity contribution is 9.10. The maximum atomic E-state index is 13.2. The van der Waals surface area contributed by atoms with Crippen molar-refractivity contribution in [2.45, 2.75) is 18.3 Å². The molecule has 2 aliphatic heterocycles. The van der Waals surface area contributed by atoms with E-state index in [0.717, 1.165) is 54.9 Å². The average molecular weight is 459 g/mol. The van der Waals surface area contributed by atoms with Gasteiger partial charge in [-0.3, -0.25) is 4.79 Å². The molecule has 5 nitrogen and oxygen atoms in total. The maximum absolute atomic E-state index is 13.2. The Bertz CT molecular complexity index is 828. The van der Waals surface area contributed by atoms with Gasteiger partial charge in [0.1, 0.15) is 0 Å². The fourth-order valence-electron chi connectivity index (χ4n) is 4.22. The molecule has 154 valence electrons. The minimum absolute atomic E-state index is 0.0185. The summed E-state index contributed by atoms with van der Waals surface area (Å²) in [6, 6.07) is 16.3. The first kappa shape index (κ1) is 20.4. The Hall–Kier alpha value is -1.89. The van der Waals surface area contributed by atoms with Crippen LogP contribution in [0, 0.1) is 0 Å². The van der Waals surface area contributed by atoms with Crippen LogP contribution in [-0.2, 0) is 14.9 Å². The largest absolute Gasteiger partial charge is 0.381 e. The van der Waals surface area contributed by atoms with E-state index in [1.54, 1.807) is 0 Å². The summed E-state index contributed by atoms with van der Waals surface area (Å²) in [4.78, 5) is 15.4. The molecule has 0 aromatic heterocycles. The molecule has 0 unspecified atom stereocenters. The van der Waals surface area contributed by atoms with Crippen molar-refractivity contribution < 1.29 is 14.3 Å². The molecule has 2 aromatic carbocycles. The van der Waals surface area contributed by atoms with E-state index in [-0.39, 0.29) is 11.3 Å². The van der Waals surface area contributed by atoms with E-state index >= 15 is 0 Å². The van der Waals surface area contributed by atoms with Gasteiger partial charge in [0, 0.05) is 48.4 Å². The fraction of sp³-hybridized carbons (Fsp3) is 0.435. The normalized spacial score (nSPS) is 19.0. The molecule has 1 N–H and O–H groups in total. The zero-order valence-electron chi connectivity index (χ0n) is 16.5. The SMILES string of the molecule is O=C(NCC1(c2ccc(Br)cc2)CCOCC1)c1ccccc1N1CCOCC1. The number of halogens is 1. The van der Waals surface area contributed by atoms with E-state index in [1.165, 1.54) is 5.56 Å². The third-order valence-corrected chi connectivity index (χ3v) is 6.52. The highest BCUT2D eigenvalue weighted by atomic mass is 79.9. The number of amides is 1. The van der Waals surface area contributed by atoms with Crippen molar-refractivity contribution in [2.24, 2.45) is 0 Å². The van der Waals surface area contributed by atoms with E-state index in [1.807, 2.05) is 24.3 Å². The summed E-state index contributed by atoms with van der Waals surface area (Å²) in [6.07, 6.45) is 1.81. The number of anilines is 1. The first-order valence-corrected chi connectivity index (χ1v) is 11.0. The lowest BCUT2D eigenvalue weighted by Crippen LogP contribution is -2.45. The summed E-state index contributed by atoms with van der Waals surface area (Å²) in [5.41, 5.74) is 2.87. The van der Waals surface area contributed by atoms with Gasteiger partial charge in [-0.25, -0.2) is 0 Å². The van der Waals surface area contributed by atoms with Gasteiger partial charge < -0.3 is 19.7 Å². The zero-order valence-corrected chi connectivity index (χ0v) is 18.1. The van der Waals surface area contributed by atoms with E-state index in [2.05, 4.69) is 50.4 Å². The second kappa shape index (κ2) is 9.28. The number of hydrogen-bond acceptors (Lipinski definition) is 4. The van der Waals surface area contributed by atoms with Gasteiger partial charge in [-0.15, -0.1) is 0 Å². The summed E-state index contributed by atoms with van der Waals surface area (Å²) in [7, 11) is 0. The molecule has 2 aliphatic rings. The van der Waals surface area contributed by atoms with Crippen molar-refractivity contribution in [1.82, 2.24) is 5.32 Å². The van der Waals surface area contributed by atoms with Crippen LogP contribution >= 0.6 is 15.9 Å². The van der Waals surface area contributed by atoms with E-state index in [0.29, 0.717) is 19.8 Å². The van der Waals surface area contributed by atoms with Gasteiger partial charge in [0.15, 0.2) is 0 Å². The number of nitrogens with zero attached hydrogens (tertiary/aromatic N) is 1. The van der Waals surface area contributed by atoms with Crippen molar-refractivity contribution in [1.29, 1.82) is 0 Å². The highest BCUT2D eigenvalue weighted by Crippen LogP contribution is 2.35. The fourth-order valence-corrected chi connectivity index (χ4v) is 4.49. The van der Waals surface area contributed by atoms with Crippen molar-refractivity contribution in [3.8, 4) is 0 Å². The molecule has 2 saturated heterocycles. The predicted molar refractivity (Wildman–Crippen MR) is 118 cm³/mol. The molecule has 2 aromatic rings. The molecule has 0 aliphatic carbocycles. The van der Waals surface area contributed by atoms with Crippen LogP contribution in [0.2, 0.25) is 0 Å². The topological polar surface area (TPSA) is 50.8 Å². The number of carbonyl (C=O) groups is 1. The molecule has 1 amide bonds. The van der Waals surface area contributed by atoms with Gasteiger partial charge in [0.05, 0.1) is 18.8 Å². The monoisotopic (exact) mass is 458 g/mol. The number of benzene rings is 2. The molecule has 4 rings (SSSR count). The van der Waals surface area contributed by atoms with Crippen LogP contribution < -0.4 is 10.2 Å². The Kier molecular flexibility index (Phi) is 6.53. The second-order valence-corrected chi connectivity index (χ2v) is 8.61. The number of morpholine rings is 1. The van der Waals surface area contributed by atoms with Crippen LogP contribution in [0.25, 0.3) is 0 Å². The first-order chi connectivity index (χ1) is 14.2. The molecule has 0 bridgehead atoms. The number of para-hydroxylation sites is 1. The molecular formula is C23H27BrN2O3. The Morgan fingerprint density at radius 2 is 1.62 bits per heavy atom. The van der Waals surface area contributed by atoms with Gasteiger partial charge in [-0.1, -0.05) is 40.2 Å². The van der Waals surface area contributed by atoms with E-state index < -0.39 is 0 Å². The Labute approximate surface area is 180 Å². The Balaban J connectivity index is 1.52. The lowest BCUT2D eigenvalue weighted by molar-refractivity contribution is 0.0487. The van der Waals surface area contributed by atoms with Gasteiger partial charge in [-0.05, 0) is 42.7 Å². The highest BCUT2D eigenvalue weighted by Gasteiger charge is 2.35. The third-order valence-electron chi connectivity index (χ3n) is 5.99.